The van der Waals surface area contributed by atoms with Crippen LogP contribution in [0, 0.1) is 0 Å². The number of nitrogens with zero attached hydrogens (tertiary/aromatic N) is 1. The SMILES string of the molecule is CCNN1CCOCC1C. The number of rotatable bonds is 2. The summed E-state index contributed by atoms with van der Waals surface area (Å²) in [6.07, 6.45) is 0. The van der Waals surface area contributed by atoms with Gasteiger partial charge >= 0.3 is 0 Å². The molecule has 0 spiro atoms. The second-order valence-electron chi connectivity index (χ2n) is 2.63. The van der Waals surface area contributed by atoms with Crippen LogP contribution in [0.3, 0.4) is 0 Å². The number of hydrogen-bond acceptors (Lipinski definition) is 3. The van der Waals surface area contributed by atoms with Gasteiger partial charge in [-0.2, -0.15) is 0 Å². The lowest BCUT2D eigenvalue weighted by Crippen LogP contribution is -2.51. The molecule has 1 heterocycles. The van der Waals surface area contributed by atoms with E-state index < -0.39 is 0 Å². The normalized spacial score (nSPS) is 28.8. The second-order valence-corrected chi connectivity index (χ2v) is 2.63. The third-order valence-electron chi connectivity index (χ3n) is 1.73. The number of nitrogens with one attached hydrogen (secondary N) is 1. The van der Waals surface area contributed by atoms with Gasteiger partial charge < -0.3 is 4.74 Å². The van der Waals surface area contributed by atoms with E-state index >= 15 is 0 Å². The molecule has 0 bridgehead atoms. The lowest BCUT2D eigenvalue weighted by molar-refractivity contribution is -0.0260. The van der Waals surface area contributed by atoms with Crippen molar-refractivity contribution in [3.8, 4) is 0 Å². The minimum absolute atomic E-state index is 0.522. The molecule has 0 radical (unpaired) electrons. The highest BCUT2D eigenvalue weighted by Crippen LogP contribution is 2.01. The van der Waals surface area contributed by atoms with Gasteiger partial charge in [0.05, 0.1) is 13.2 Å². The molecule has 1 aliphatic heterocycles. The molecule has 1 fully saturated rings. The first-order valence-electron chi connectivity index (χ1n) is 3.92. The highest BCUT2D eigenvalue weighted by atomic mass is 16.5. The molecule has 0 aliphatic carbocycles. The summed E-state index contributed by atoms with van der Waals surface area (Å²) in [5, 5.41) is 2.24. The molecule has 1 atom stereocenters. The molecule has 1 saturated heterocycles. The maximum atomic E-state index is 5.28. The highest BCUT2D eigenvalue weighted by molar-refractivity contribution is 4.66. The molecule has 10 heavy (non-hydrogen) atoms. The van der Waals surface area contributed by atoms with Gasteiger partial charge in [0, 0.05) is 19.1 Å². The number of hydrogen-bond donors (Lipinski definition) is 1. The number of morpholine rings is 1. The molecule has 0 amide bonds. The Morgan fingerprint density at radius 3 is 3.10 bits per heavy atom. The molecule has 1 aliphatic rings. The van der Waals surface area contributed by atoms with E-state index in [0.717, 1.165) is 26.3 Å². The molecule has 0 aromatic rings. The molecule has 3 nitrogen and oxygen atoms in total. The standard InChI is InChI=1S/C7H16N2O/c1-3-8-9-4-5-10-6-7(9)2/h7-8H,3-6H2,1-2H3. The molecule has 60 valence electrons. The van der Waals surface area contributed by atoms with E-state index in [2.05, 4.69) is 24.3 Å². The Kier molecular flexibility index (Phi) is 3.12. The fraction of sp³-hybridized carbons (Fsp3) is 1.00. The first kappa shape index (κ1) is 7.98. The Bertz CT molecular complexity index is 95.6. The average Bonchev–Trinajstić information content (AvgIpc) is 1.94. The van der Waals surface area contributed by atoms with Gasteiger partial charge in [-0.3, -0.25) is 5.43 Å². The van der Waals surface area contributed by atoms with Crippen LogP contribution < -0.4 is 5.43 Å². The smallest absolute Gasteiger partial charge is 0.0633 e. The van der Waals surface area contributed by atoms with Gasteiger partial charge in [0.25, 0.3) is 0 Å². The zero-order valence-corrected chi connectivity index (χ0v) is 6.76. The maximum Gasteiger partial charge on any atom is 0.0633 e. The Morgan fingerprint density at radius 2 is 2.50 bits per heavy atom. The van der Waals surface area contributed by atoms with E-state index in [1.54, 1.807) is 0 Å². The van der Waals surface area contributed by atoms with Crippen molar-refractivity contribution in [2.45, 2.75) is 19.9 Å². The van der Waals surface area contributed by atoms with Crippen molar-refractivity contribution in [2.75, 3.05) is 26.3 Å². The molecule has 1 unspecified atom stereocenters. The van der Waals surface area contributed by atoms with Crippen molar-refractivity contribution in [1.82, 2.24) is 10.4 Å². The van der Waals surface area contributed by atoms with E-state index in [1.807, 2.05) is 0 Å². The van der Waals surface area contributed by atoms with E-state index in [9.17, 15) is 0 Å². The Morgan fingerprint density at radius 1 is 1.70 bits per heavy atom. The van der Waals surface area contributed by atoms with Crippen molar-refractivity contribution in [2.24, 2.45) is 0 Å². The van der Waals surface area contributed by atoms with Gasteiger partial charge in [0.15, 0.2) is 0 Å². The number of ether oxygens (including phenoxy) is 1. The monoisotopic (exact) mass is 144 g/mol. The minimum atomic E-state index is 0.522. The van der Waals surface area contributed by atoms with Gasteiger partial charge in [0.2, 0.25) is 0 Å². The summed E-state index contributed by atoms with van der Waals surface area (Å²) in [5.74, 6) is 0. The summed E-state index contributed by atoms with van der Waals surface area (Å²) in [7, 11) is 0. The lowest BCUT2D eigenvalue weighted by Gasteiger charge is -2.33. The van der Waals surface area contributed by atoms with Crippen molar-refractivity contribution in [3.63, 3.8) is 0 Å². The van der Waals surface area contributed by atoms with Gasteiger partial charge in [-0.05, 0) is 6.92 Å². The first-order valence-corrected chi connectivity index (χ1v) is 3.92. The van der Waals surface area contributed by atoms with Gasteiger partial charge in [0.1, 0.15) is 0 Å². The number of hydrazine groups is 1. The third kappa shape index (κ3) is 1.94. The average molecular weight is 144 g/mol. The molecule has 0 aromatic carbocycles. The lowest BCUT2D eigenvalue weighted by atomic mass is 10.3. The second kappa shape index (κ2) is 3.91. The summed E-state index contributed by atoms with van der Waals surface area (Å²) in [6.45, 7) is 8.01. The summed E-state index contributed by atoms with van der Waals surface area (Å²) < 4.78 is 5.28. The molecular formula is C7H16N2O. The zero-order valence-electron chi connectivity index (χ0n) is 6.76. The van der Waals surface area contributed by atoms with Crippen molar-refractivity contribution >= 4 is 0 Å². The summed E-state index contributed by atoms with van der Waals surface area (Å²) in [6, 6.07) is 0.522. The predicted octanol–water partition coefficient (Wildman–Crippen LogP) is 0.232. The quantitative estimate of drug-likeness (QED) is 0.600. The summed E-state index contributed by atoms with van der Waals surface area (Å²) in [4.78, 5) is 0. The van der Waals surface area contributed by atoms with Crippen LogP contribution in [0.4, 0.5) is 0 Å². The van der Waals surface area contributed by atoms with Crippen LogP contribution in [0.5, 0.6) is 0 Å². The van der Waals surface area contributed by atoms with Crippen LogP contribution in [-0.2, 0) is 4.74 Å². The van der Waals surface area contributed by atoms with Crippen LogP contribution in [0.15, 0.2) is 0 Å². The van der Waals surface area contributed by atoms with Gasteiger partial charge in [-0.25, -0.2) is 5.01 Å². The van der Waals surface area contributed by atoms with E-state index in [-0.39, 0.29) is 0 Å². The molecule has 3 heteroatoms. The van der Waals surface area contributed by atoms with E-state index in [1.165, 1.54) is 0 Å². The van der Waals surface area contributed by atoms with Crippen LogP contribution in [0.1, 0.15) is 13.8 Å². The molecule has 1 rings (SSSR count). The first-order chi connectivity index (χ1) is 4.84. The Balaban J connectivity index is 2.25. The van der Waals surface area contributed by atoms with Crippen LogP contribution in [-0.4, -0.2) is 37.4 Å². The molecule has 0 aromatic heterocycles. The summed E-state index contributed by atoms with van der Waals surface area (Å²) >= 11 is 0. The zero-order chi connectivity index (χ0) is 7.40. The van der Waals surface area contributed by atoms with Crippen LogP contribution >= 0.6 is 0 Å². The highest BCUT2D eigenvalue weighted by Gasteiger charge is 2.16. The molecule has 0 saturated carbocycles. The largest absolute Gasteiger partial charge is 0.378 e. The maximum absolute atomic E-state index is 5.28. The predicted molar refractivity (Wildman–Crippen MR) is 40.7 cm³/mol. The minimum Gasteiger partial charge on any atom is -0.378 e. The van der Waals surface area contributed by atoms with Crippen LogP contribution in [0.2, 0.25) is 0 Å². The van der Waals surface area contributed by atoms with Crippen molar-refractivity contribution in [3.05, 3.63) is 0 Å². The third-order valence-corrected chi connectivity index (χ3v) is 1.73. The summed E-state index contributed by atoms with van der Waals surface area (Å²) in [5.41, 5.74) is 3.29. The fourth-order valence-corrected chi connectivity index (χ4v) is 1.17. The molecular weight excluding hydrogens is 128 g/mol. The topological polar surface area (TPSA) is 24.5 Å². The van der Waals surface area contributed by atoms with Gasteiger partial charge in [-0.15, -0.1) is 0 Å². The Labute approximate surface area is 62.3 Å². The van der Waals surface area contributed by atoms with Crippen LogP contribution in [0.25, 0.3) is 0 Å². The van der Waals surface area contributed by atoms with E-state index in [0.29, 0.717) is 6.04 Å². The van der Waals surface area contributed by atoms with Crippen molar-refractivity contribution in [1.29, 1.82) is 0 Å². The fourth-order valence-electron chi connectivity index (χ4n) is 1.17. The van der Waals surface area contributed by atoms with Gasteiger partial charge in [-0.1, -0.05) is 6.92 Å². The Hall–Kier alpha value is -0.120. The van der Waals surface area contributed by atoms with Crippen molar-refractivity contribution < 1.29 is 4.74 Å². The van der Waals surface area contributed by atoms with E-state index in [4.69, 9.17) is 4.74 Å². The molecule has 1 N–H and O–H groups in total.